The van der Waals surface area contributed by atoms with E-state index in [1.165, 1.54) is 23.3 Å². The third kappa shape index (κ3) is 3.86. The van der Waals surface area contributed by atoms with Crippen molar-refractivity contribution in [1.29, 1.82) is 0 Å². The van der Waals surface area contributed by atoms with Crippen LogP contribution in [0, 0.1) is 0 Å². The van der Waals surface area contributed by atoms with Crippen LogP contribution in [0.25, 0.3) is 0 Å². The molecule has 2 aromatic carbocycles. The summed E-state index contributed by atoms with van der Waals surface area (Å²) in [6.07, 6.45) is 4.64. The van der Waals surface area contributed by atoms with E-state index in [1.54, 1.807) is 12.1 Å². The number of anilines is 1. The van der Waals surface area contributed by atoms with Crippen molar-refractivity contribution in [3.63, 3.8) is 0 Å². The van der Waals surface area contributed by atoms with E-state index in [4.69, 9.17) is 4.74 Å². The highest BCUT2D eigenvalue weighted by molar-refractivity contribution is 6.28. The fraction of sp³-hybridized carbons (Fsp3) is 0.333. The molecule has 28 heavy (non-hydrogen) atoms. The third-order valence-corrected chi connectivity index (χ3v) is 5.49. The number of hydrogen-bond donors (Lipinski definition) is 0. The zero-order chi connectivity index (χ0) is 20.3. The molecule has 4 heteroatoms. The molecule has 146 valence electrons. The van der Waals surface area contributed by atoms with Crippen molar-refractivity contribution in [2.75, 3.05) is 4.90 Å². The van der Waals surface area contributed by atoms with E-state index in [-0.39, 0.29) is 11.8 Å². The molecule has 0 spiro atoms. The van der Waals surface area contributed by atoms with Crippen molar-refractivity contribution < 1.29 is 14.3 Å². The fourth-order valence-electron chi connectivity index (χ4n) is 3.34. The number of carbonyl (C=O) groups is 2. The van der Waals surface area contributed by atoms with Crippen molar-refractivity contribution >= 4 is 17.5 Å². The monoisotopic (exact) mass is 377 g/mol. The Kier molecular flexibility index (Phi) is 5.98. The Labute approximate surface area is 166 Å². The molecule has 0 N–H and O–H groups in total. The molecule has 1 aliphatic rings. The number of imide groups is 1. The van der Waals surface area contributed by atoms with Crippen molar-refractivity contribution in [2.24, 2.45) is 0 Å². The molecule has 2 amide bonds. The summed E-state index contributed by atoms with van der Waals surface area (Å²) in [5.41, 5.74) is 2.96. The first-order valence-corrected chi connectivity index (χ1v) is 9.93. The Morgan fingerprint density at radius 2 is 1.32 bits per heavy atom. The molecule has 0 aliphatic carbocycles. The van der Waals surface area contributed by atoms with Gasteiger partial charge in [-0.15, -0.1) is 0 Å². The Hall–Kier alpha value is -2.88. The molecule has 0 radical (unpaired) electrons. The highest BCUT2D eigenvalue weighted by atomic mass is 16.5. The normalized spacial score (nSPS) is 15.8. The lowest BCUT2D eigenvalue weighted by Gasteiger charge is -2.22. The van der Waals surface area contributed by atoms with Gasteiger partial charge >= 0.3 is 0 Å². The van der Waals surface area contributed by atoms with Gasteiger partial charge in [-0.3, -0.25) is 9.59 Å². The Morgan fingerprint density at radius 1 is 0.821 bits per heavy atom. The van der Waals surface area contributed by atoms with E-state index in [2.05, 4.69) is 45.9 Å². The summed E-state index contributed by atoms with van der Waals surface area (Å²) >= 11 is 0. The SMILES string of the molecule is CCC(C)c1cccc(C(C)CC)c1Oc1ccc(N2C(=O)C=CC2=O)cc1. The number of rotatable bonds is 7. The maximum absolute atomic E-state index is 11.9. The smallest absolute Gasteiger partial charge is 0.258 e. The van der Waals surface area contributed by atoms with E-state index < -0.39 is 0 Å². The quantitative estimate of drug-likeness (QED) is 0.561. The topological polar surface area (TPSA) is 46.6 Å². The molecule has 4 nitrogen and oxygen atoms in total. The number of hydrogen-bond acceptors (Lipinski definition) is 3. The van der Waals surface area contributed by atoms with Crippen LogP contribution in [0.3, 0.4) is 0 Å². The summed E-state index contributed by atoms with van der Waals surface area (Å²) in [6, 6.07) is 13.5. The molecule has 0 aromatic heterocycles. The zero-order valence-electron chi connectivity index (χ0n) is 16.9. The molecular formula is C24H27NO3. The summed E-state index contributed by atoms with van der Waals surface area (Å²) in [6.45, 7) is 8.78. The van der Waals surface area contributed by atoms with Crippen molar-refractivity contribution in [3.05, 3.63) is 65.7 Å². The molecule has 0 fully saturated rings. The zero-order valence-corrected chi connectivity index (χ0v) is 16.9. The molecular weight excluding hydrogens is 350 g/mol. The second-order valence-electron chi connectivity index (χ2n) is 7.33. The number of amides is 2. The lowest BCUT2D eigenvalue weighted by atomic mass is 9.90. The van der Waals surface area contributed by atoms with Crippen LogP contribution in [0.1, 0.15) is 63.5 Å². The van der Waals surface area contributed by atoms with Crippen LogP contribution in [0.15, 0.2) is 54.6 Å². The summed E-state index contributed by atoms with van der Waals surface area (Å²) in [4.78, 5) is 24.9. The van der Waals surface area contributed by atoms with E-state index in [1.807, 2.05) is 12.1 Å². The van der Waals surface area contributed by atoms with Crippen LogP contribution in [0.2, 0.25) is 0 Å². The van der Waals surface area contributed by atoms with Crippen LogP contribution >= 0.6 is 0 Å². The van der Waals surface area contributed by atoms with Gasteiger partial charge in [-0.1, -0.05) is 45.9 Å². The maximum atomic E-state index is 11.9. The van der Waals surface area contributed by atoms with E-state index >= 15 is 0 Å². The average molecular weight is 377 g/mol. The van der Waals surface area contributed by atoms with Gasteiger partial charge in [0.2, 0.25) is 0 Å². The first kappa shape index (κ1) is 19.9. The maximum Gasteiger partial charge on any atom is 0.258 e. The minimum atomic E-state index is -0.320. The van der Waals surface area contributed by atoms with Crippen molar-refractivity contribution in [3.8, 4) is 11.5 Å². The summed E-state index contributed by atoms with van der Waals surface area (Å²) in [7, 11) is 0. The third-order valence-electron chi connectivity index (χ3n) is 5.49. The van der Waals surface area contributed by atoms with Gasteiger partial charge in [0.05, 0.1) is 5.69 Å². The van der Waals surface area contributed by atoms with Crippen molar-refractivity contribution in [2.45, 2.75) is 52.4 Å². The number of ether oxygens (including phenoxy) is 1. The van der Waals surface area contributed by atoms with Crippen LogP contribution in [0.4, 0.5) is 5.69 Å². The number of nitrogens with zero attached hydrogens (tertiary/aromatic N) is 1. The van der Waals surface area contributed by atoms with Crippen LogP contribution in [0.5, 0.6) is 11.5 Å². The Balaban J connectivity index is 1.92. The molecule has 0 saturated carbocycles. The van der Waals surface area contributed by atoms with Crippen LogP contribution in [-0.4, -0.2) is 11.8 Å². The number of para-hydroxylation sites is 1. The Morgan fingerprint density at radius 3 is 1.79 bits per heavy atom. The van der Waals surface area contributed by atoms with Crippen LogP contribution < -0.4 is 9.64 Å². The molecule has 2 unspecified atom stereocenters. The lowest BCUT2D eigenvalue weighted by Crippen LogP contribution is -2.29. The molecule has 1 aliphatic heterocycles. The second-order valence-corrected chi connectivity index (χ2v) is 7.33. The van der Waals surface area contributed by atoms with Gasteiger partial charge < -0.3 is 4.74 Å². The molecule has 2 aromatic rings. The van der Waals surface area contributed by atoms with Gasteiger partial charge in [-0.25, -0.2) is 4.90 Å². The summed E-state index contributed by atoms with van der Waals surface area (Å²) in [5.74, 6) is 1.76. The molecule has 3 rings (SSSR count). The lowest BCUT2D eigenvalue weighted by molar-refractivity contribution is -0.119. The summed E-state index contributed by atoms with van der Waals surface area (Å²) < 4.78 is 6.35. The van der Waals surface area contributed by atoms with E-state index in [9.17, 15) is 9.59 Å². The first-order chi connectivity index (χ1) is 13.5. The summed E-state index contributed by atoms with van der Waals surface area (Å²) in [5, 5.41) is 0. The molecule has 2 atom stereocenters. The van der Waals surface area contributed by atoms with Gasteiger partial charge in [-0.2, -0.15) is 0 Å². The average Bonchev–Trinajstić information content (AvgIpc) is 3.05. The van der Waals surface area contributed by atoms with E-state index in [0.29, 0.717) is 23.3 Å². The Bertz CT molecular complexity index is 852. The minimum Gasteiger partial charge on any atom is -0.457 e. The minimum absolute atomic E-state index is 0.320. The highest BCUT2D eigenvalue weighted by Gasteiger charge is 2.25. The van der Waals surface area contributed by atoms with Gasteiger partial charge in [0.15, 0.2) is 0 Å². The molecule has 0 bridgehead atoms. The van der Waals surface area contributed by atoms with Gasteiger partial charge in [0, 0.05) is 12.2 Å². The highest BCUT2D eigenvalue weighted by Crippen LogP contribution is 2.39. The van der Waals surface area contributed by atoms with Gasteiger partial charge in [-0.05, 0) is 60.1 Å². The van der Waals surface area contributed by atoms with Gasteiger partial charge in [0.1, 0.15) is 11.5 Å². The number of benzene rings is 2. The standard InChI is InChI=1S/C24H27NO3/c1-5-16(3)20-8-7-9-21(17(4)6-2)24(20)28-19-12-10-18(11-13-19)25-22(26)14-15-23(25)27/h7-17H,5-6H2,1-4H3. The first-order valence-electron chi connectivity index (χ1n) is 9.93. The largest absolute Gasteiger partial charge is 0.457 e. The van der Waals surface area contributed by atoms with Crippen LogP contribution in [-0.2, 0) is 9.59 Å². The van der Waals surface area contributed by atoms with Gasteiger partial charge in [0.25, 0.3) is 11.8 Å². The second kappa shape index (κ2) is 8.42. The molecule has 0 saturated heterocycles. The molecule has 1 heterocycles. The predicted octanol–water partition coefficient (Wildman–Crippen LogP) is 5.94. The van der Waals surface area contributed by atoms with E-state index in [0.717, 1.165) is 23.5 Å². The number of carbonyl (C=O) groups excluding carboxylic acids is 2. The predicted molar refractivity (Wildman–Crippen MR) is 112 cm³/mol. The fourth-order valence-corrected chi connectivity index (χ4v) is 3.34. The van der Waals surface area contributed by atoms with Crippen molar-refractivity contribution in [1.82, 2.24) is 0 Å².